The molecule has 0 unspecified atom stereocenters. The van der Waals surface area contributed by atoms with E-state index in [0.717, 1.165) is 0 Å². The second-order valence-corrected chi connectivity index (χ2v) is 3.83. The summed E-state index contributed by atoms with van der Waals surface area (Å²) in [5.41, 5.74) is 1.41. The van der Waals surface area contributed by atoms with Crippen LogP contribution in [0.1, 0.15) is 10.4 Å². The summed E-state index contributed by atoms with van der Waals surface area (Å²) in [4.78, 5) is 15.3. The van der Waals surface area contributed by atoms with Crippen molar-refractivity contribution >= 4 is 5.97 Å². The smallest absolute Gasteiger partial charge is 0.336 e. The average Bonchev–Trinajstić information content (AvgIpc) is 2.46. The minimum absolute atomic E-state index is 0.161. The lowest BCUT2D eigenvalue weighted by Crippen LogP contribution is -2.00. The summed E-state index contributed by atoms with van der Waals surface area (Å²) in [7, 11) is 3.03. The molecular weight excluding hydrogens is 246 g/mol. The molecule has 0 atom stereocenters. The van der Waals surface area contributed by atoms with Gasteiger partial charge < -0.3 is 14.6 Å². The molecule has 2 aromatic rings. The topological polar surface area (TPSA) is 68.7 Å². The molecule has 0 aliphatic carbocycles. The Morgan fingerprint density at radius 3 is 2.47 bits per heavy atom. The second-order valence-electron chi connectivity index (χ2n) is 3.83. The SMILES string of the molecule is COc1cncc(-c2ccc(OC)cc2C(=O)O)c1. The quantitative estimate of drug-likeness (QED) is 0.913. The Labute approximate surface area is 110 Å². The lowest BCUT2D eigenvalue weighted by atomic mass is 10.0. The maximum Gasteiger partial charge on any atom is 0.336 e. The molecule has 0 bridgehead atoms. The van der Waals surface area contributed by atoms with Gasteiger partial charge in [-0.15, -0.1) is 0 Å². The number of methoxy groups -OCH3 is 2. The number of carbonyl (C=O) groups is 1. The largest absolute Gasteiger partial charge is 0.497 e. The van der Waals surface area contributed by atoms with Crippen LogP contribution in [-0.2, 0) is 0 Å². The van der Waals surface area contributed by atoms with E-state index in [1.807, 2.05) is 0 Å². The number of aromatic carboxylic acids is 1. The molecule has 0 amide bonds. The summed E-state index contributed by atoms with van der Waals surface area (Å²) in [5.74, 6) is 0.0541. The molecule has 0 saturated carbocycles. The number of nitrogens with zero attached hydrogens (tertiary/aromatic N) is 1. The first kappa shape index (κ1) is 12.9. The van der Waals surface area contributed by atoms with Gasteiger partial charge in [-0.25, -0.2) is 4.79 Å². The molecule has 1 aromatic carbocycles. The van der Waals surface area contributed by atoms with Gasteiger partial charge in [0.25, 0.3) is 0 Å². The van der Waals surface area contributed by atoms with Crippen LogP contribution in [0.3, 0.4) is 0 Å². The van der Waals surface area contributed by atoms with Crippen LogP contribution in [0, 0.1) is 0 Å². The fraction of sp³-hybridized carbons (Fsp3) is 0.143. The predicted molar refractivity (Wildman–Crippen MR) is 69.7 cm³/mol. The van der Waals surface area contributed by atoms with Crippen LogP contribution in [0.4, 0.5) is 0 Å². The van der Waals surface area contributed by atoms with E-state index in [4.69, 9.17) is 9.47 Å². The van der Waals surface area contributed by atoms with Crippen molar-refractivity contribution in [1.82, 2.24) is 4.98 Å². The van der Waals surface area contributed by atoms with E-state index in [1.54, 1.807) is 30.6 Å². The zero-order chi connectivity index (χ0) is 13.8. The van der Waals surface area contributed by atoms with E-state index in [1.165, 1.54) is 20.3 Å². The minimum Gasteiger partial charge on any atom is -0.497 e. The van der Waals surface area contributed by atoms with Gasteiger partial charge in [-0.3, -0.25) is 4.98 Å². The molecule has 0 radical (unpaired) electrons. The molecule has 0 fully saturated rings. The summed E-state index contributed by atoms with van der Waals surface area (Å²) in [5, 5.41) is 9.27. The van der Waals surface area contributed by atoms with Gasteiger partial charge in [-0.2, -0.15) is 0 Å². The molecule has 0 spiro atoms. The van der Waals surface area contributed by atoms with E-state index < -0.39 is 5.97 Å². The minimum atomic E-state index is -1.02. The Morgan fingerprint density at radius 2 is 1.84 bits per heavy atom. The predicted octanol–water partition coefficient (Wildman–Crippen LogP) is 2.46. The standard InChI is InChI=1S/C14H13NO4/c1-18-10-3-4-12(13(6-10)14(16)17)9-5-11(19-2)8-15-7-9/h3-8H,1-2H3,(H,16,17). The molecule has 2 rings (SSSR count). The summed E-state index contributed by atoms with van der Waals surface area (Å²) < 4.78 is 10.1. The summed E-state index contributed by atoms with van der Waals surface area (Å²) in [6, 6.07) is 6.62. The lowest BCUT2D eigenvalue weighted by molar-refractivity contribution is 0.0697. The molecular formula is C14H13NO4. The molecule has 1 aromatic heterocycles. The highest BCUT2D eigenvalue weighted by Crippen LogP contribution is 2.29. The zero-order valence-corrected chi connectivity index (χ0v) is 10.6. The number of benzene rings is 1. The van der Waals surface area contributed by atoms with Crippen molar-refractivity contribution in [3.05, 3.63) is 42.2 Å². The van der Waals surface area contributed by atoms with Crippen LogP contribution in [-0.4, -0.2) is 30.3 Å². The van der Waals surface area contributed by atoms with Gasteiger partial charge in [-0.1, -0.05) is 0 Å². The molecule has 0 saturated heterocycles. The van der Waals surface area contributed by atoms with Gasteiger partial charge in [0.05, 0.1) is 26.0 Å². The Balaban J connectivity index is 2.57. The van der Waals surface area contributed by atoms with Crippen molar-refractivity contribution < 1.29 is 19.4 Å². The van der Waals surface area contributed by atoms with Crippen LogP contribution >= 0.6 is 0 Å². The van der Waals surface area contributed by atoms with E-state index in [0.29, 0.717) is 22.6 Å². The fourth-order valence-electron chi connectivity index (χ4n) is 1.76. The number of hydrogen-bond donors (Lipinski definition) is 1. The van der Waals surface area contributed by atoms with Crippen molar-refractivity contribution in [2.45, 2.75) is 0 Å². The van der Waals surface area contributed by atoms with Crippen molar-refractivity contribution in [3.8, 4) is 22.6 Å². The number of carboxylic acids is 1. The van der Waals surface area contributed by atoms with E-state index in [2.05, 4.69) is 4.98 Å². The van der Waals surface area contributed by atoms with E-state index in [9.17, 15) is 9.90 Å². The van der Waals surface area contributed by atoms with Crippen LogP contribution in [0.25, 0.3) is 11.1 Å². The molecule has 5 heteroatoms. The van der Waals surface area contributed by atoms with Crippen LogP contribution in [0.5, 0.6) is 11.5 Å². The van der Waals surface area contributed by atoms with Crippen molar-refractivity contribution in [2.24, 2.45) is 0 Å². The third-order valence-electron chi connectivity index (χ3n) is 2.72. The number of aromatic nitrogens is 1. The third-order valence-corrected chi connectivity index (χ3v) is 2.72. The Kier molecular flexibility index (Phi) is 3.66. The first-order valence-corrected chi connectivity index (χ1v) is 5.56. The normalized spacial score (nSPS) is 10.0. The lowest BCUT2D eigenvalue weighted by Gasteiger charge is -2.09. The van der Waals surface area contributed by atoms with Gasteiger partial charge in [0.1, 0.15) is 11.5 Å². The Hall–Kier alpha value is -2.56. The van der Waals surface area contributed by atoms with Gasteiger partial charge in [-0.05, 0) is 29.8 Å². The van der Waals surface area contributed by atoms with E-state index in [-0.39, 0.29) is 5.56 Å². The molecule has 1 N–H and O–H groups in total. The number of carboxylic acid groups (broad SMARTS) is 1. The summed E-state index contributed by atoms with van der Waals surface area (Å²) in [6.45, 7) is 0. The van der Waals surface area contributed by atoms with Gasteiger partial charge in [0, 0.05) is 11.8 Å². The highest BCUT2D eigenvalue weighted by atomic mass is 16.5. The van der Waals surface area contributed by atoms with Crippen LogP contribution < -0.4 is 9.47 Å². The van der Waals surface area contributed by atoms with Gasteiger partial charge in [0.2, 0.25) is 0 Å². The zero-order valence-electron chi connectivity index (χ0n) is 10.6. The Bertz CT molecular complexity index is 610. The van der Waals surface area contributed by atoms with Crippen LogP contribution in [0.2, 0.25) is 0 Å². The maximum absolute atomic E-state index is 11.3. The highest BCUT2D eigenvalue weighted by Gasteiger charge is 2.13. The highest BCUT2D eigenvalue weighted by molar-refractivity contribution is 5.96. The fourth-order valence-corrected chi connectivity index (χ4v) is 1.76. The number of ether oxygens (including phenoxy) is 2. The van der Waals surface area contributed by atoms with Crippen LogP contribution in [0.15, 0.2) is 36.7 Å². The third kappa shape index (κ3) is 2.65. The van der Waals surface area contributed by atoms with Crippen molar-refractivity contribution in [1.29, 1.82) is 0 Å². The van der Waals surface area contributed by atoms with Crippen molar-refractivity contribution in [3.63, 3.8) is 0 Å². The molecule has 19 heavy (non-hydrogen) atoms. The monoisotopic (exact) mass is 259 g/mol. The van der Waals surface area contributed by atoms with Crippen molar-refractivity contribution in [2.75, 3.05) is 14.2 Å². The molecule has 5 nitrogen and oxygen atoms in total. The first-order chi connectivity index (χ1) is 9.15. The number of rotatable bonds is 4. The molecule has 0 aliphatic rings. The van der Waals surface area contributed by atoms with Gasteiger partial charge >= 0.3 is 5.97 Å². The first-order valence-electron chi connectivity index (χ1n) is 5.56. The maximum atomic E-state index is 11.3. The second kappa shape index (κ2) is 5.39. The number of pyridine rings is 1. The Morgan fingerprint density at radius 1 is 1.11 bits per heavy atom. The summed E-state index contributed by atoms with van der Waals surface area (Å²) in [6.07, 6.45) is 3.16. The molecule has 1 heterocycles. The summed E-state index contributed by atoms with van der Waals surface area (Å²) >= 11 is 0. The molecule has 0 aliphatic heterocycles. The van der Waals surface area contributed by atoms with Gasteiger partial charge in [0.15, 0.2) is 0 Å². The average molecular weight is 259 g/mol. The number of hydrogen-bond acceptors (Lipinski definition) is 4. The molecule has 98 valence electrons. The van der Waals surface area contributed by atoms with E-state index >= 15 is 0 Å².